The Hall–Kier alpha value is 0.0500. The van der Waals surface area contributed by atoms with Crippen molar-refractivity contribution in [2.24, 2.45) is 0 Å². The van der Waals surface area contributed by atoms with Crippen LogP contribution in [0, 0.1) is 0 Å². The molecule has 0 aliphatic heterocycles. The van der Waals surface area contributed by atoms with Crippen molar-refractivity contribution in [3.05, 3.63) is 24.3 Å². The zero-order valence-electron chi connectivity index (χ0n) is 8.64. The van der Waals surface area contributed by atoms with Gasteiger partial charge in [0.15, 0.2) is 0 Å². The molecule has 0 atom stereocenters. The Bertz CT molecular complexity index is 257. The Labute approximate surface area is 86.0 Å². The van der Waals surface area contributed by atoms with Crippen LogP contribution in [0.25, 0.3) is 0 Å². The van der Waals surface area contributed by atoms with Gasteiger partial charge in [-0.05, 0) is 28.2 Å². The molecule has 13 heavy (non-hydrogen) atoms. The molecule has 0 saturated heterocycles. The van der Waals surface area contributed by atoms with Gasteiger partial charge in [-0.1, -0.05) is 36.1 Å². The first kappa shape index (κ1) is 11.1. The average Bonchev–Trinajstić information content (AvgIpc) is 2.54. The van der Waals surface area contributed by atoms with Gasteiger partial charge in [0.25, 0.3) is 0 Å². The highest BCUT2D eigenvalue weighted by Crippen LogP contribution is 2.56. The molecule has 0 amide bonds. The molecule has 0 radical (unpaired) electrons. The molecule has 0 bridgehead atoms. The van der Waals surface area contributed by atoms with Crippen LogP contribution in [0.1, 0.15) is 0 Å². The highest BCUT2D eigenvalue weighted by molar-refractivity contribution is 8.12. The predicted octanol–water partition coefficient (Wildman–Crippen LogP) is 1.91. The summed E-state index contributed by atoms with van der Waals surface area (Å²) in [5, 5.41) is 0. The molecule has 74 valence electrons. The maximum Gasteiger partial charge on any atom is 0.0869 e. The lowest BCUT2D eigenvalue weighted by atomic mass is 10.5. The third-order valence-electron chi connectivity index (χ3n) is 2.26. The summed E-state index contributed by atoms with van der Waals surface area (Å²) in [4.78, 5) is 0. The Balaban J connectivity index is 2.98. The molecule has 4 heteroatoms. The van der Waals surface area contributed by atoms with Gasteiger partial charge in [0.05, 0.1) is 12.0 Å². The monoisotopic (exact) mass is 216 g/mol. The fourth-order valence-electron chi connectivity index (χ4n) is 1.54. The van der Waals surface area contributed by atoms with Crippen LogP contribution in [0.15, 0.2) is 24.3 Å². The Kier molecular flexibility index (Phi) is 3.47. The van der Waals surface area contributed by atoms with Gasteiger partial charge in [0.2, 0.25) is 0 Å². The van der Waals surface area contributed by atoms with Crippen LogP contribution < -0.4 is 0 Å². The van der Waals surface area contributed by atoms with E-state index in [1.807, 2.05) is 0 Å². The zero-order chi connectivity index (χ0) is 10.1. The molecule has 0 N–H and O–H groups in total. The minimum atomic E-state index is -1.58. The van der Waals surface area contributed by atoms with Crippen molar-refractivity contribution < 1.29 is 0 Å². The molecule has 0 aromatic heterocycles. The van der Waals surface area contributed by atoms with Gasteiger partial charge >= 0.3 is 0 Å². The van der Waals surface area contributed by atoms with Crippen LogP contribution in [-0.4, -0.2) is 43.2 Å². The standard InChI is InChI=1S/C9H17N2PS/c1-10(2)12(13,11(3)4)9-7-5-6-8-9/h5-9H,1-4H3. The third kappa shape index (κ3) is 1.94. The normalized spacial score (nSPS) is 18.0. The Morgan fingerprint density at radius 3 is 1.69 bits per heavy atom. The quantitative estimate of drug-likeness (QED) is 0.665. The van der Waals surface area contributed by atoms with Crippen molar-refractivity contribution in [1.82, 2.24) is 9.34 Å². The number of rotatable bonds is 3. The van der Waals surface area contributed by atoms with Gasteiger partial charge in [-0.3, -0.25) is 9.34 Å². The molecule has 0 unspecified atom stereocenters. The first-order valence-electron chi connectivity index (χ1n) is 4.30. The molecule has 1 aliphatic rings. The largest absolute Gasteiger partial charge is 0.269 e. The summed E-state index contributed by atoms with van der Waals surface area (Å²) in [7, 11) is 8.28. The van der Waals surface area contributed by atoms with E-state index < -0.39 is 6.34 Å². The van der Waals surface area contributed by atoms with E-state index in [4.69, 9.17) is 11.8 Å². The summed E-state index contributed by atoms with van der Waals surface area (Å²) in [5.74, 6) is 0. The number of hydrogen-bond donors (Lipinski definition) is 0. The van der Waals surface area contributed by atoms with Crippen LogP contribution >= 0.6 is 6.34 Å². The molecule has 0 aromatic rings. The average molecular weight is 216 g/mol. The SMILES string of the molecule is CN(C)P(=S)(C1C=CC=C1)N(C)C. The summed E-state index contributed by atoms with van der Waals surface area (Å²) in [6.45, 7) is 0. The van der Waals surface area contributed by atoms with E-state index in [0.29, 0.717) is 5.66 Å². The minimum Gasteiger partial charge on any atom is -0.269 e. The van der Waals surface area contributed by atoms with Gasteiger partial charge < -0.3 is 0 Å². The second-order valence-electron chi connectivity index (χ2n) is 3.54. The summed E-state index contributed by atoms with van der Waals surface area (Å²) >= 11 is 5.77. The van der Waals surface area contributed by atoms with Gasteiger partial charge in [-0.25, -0.2) is 0 Å². The maximum absolute atomic E-state index is 5.77. The number of nitrogens with zero attached hydrogens (tertiary/aromatic N) is 2. The third-order valence-corrected chi connectivity index (χ3v) is 8.37. The van der Waals surface area contributed by atoms with Crippen molar-refractivity contribution in [2.45, 2.75) is 5.66 Å². The fourth-order valence-corrected chi connectivity index (χ4v) is 4.39. The molecule has 0 heterocycles. The minimum absolute atomic E-state index is 0.410. The topological polar surface area (TPSA) is 6.48 Å². The highest BCUT2D eigenvalue weighted by atomic mass is 32.4. The molecule has 0 fully saturated rings. The van der Waals surface area contributed by atoms with Crippen molar-refractivity contribution in [3.63, 3.8) is 0 Å². The lowest BCUT2D eigenvalue weighted by molar-refractivity contribution is 0.567. The van der Waals surface area contributed by atoms with Crippen LogP contribution in [0.4, 0.5) is 0 Å². The fraction of sp³-hybridized carbons (Fsp3) is 0.556. The predicted molar refractivity (Wildman–Crippen MR) is 63.7 cm³/mol. The summed E-state index contributed by atoms with van der Waals surface area (Å²) < 4.78 is 4.38. The highest BCUT2D eigenvalue weighted by Gasteiger charge is 2.30. The van der Waals surface area contributed by atoms with Crippen LogP contribution in [0.2, 0.25) is 0 Å². The summed E-state index contributed by atoms with van der Waals surface area (Å²) in [6.07, 6.45) is 6.97. The smallest absolute Gasteiger partial charge is 0.0869 e. The number of hydrogen-bond acceptors (Lipinski definition) is 1. The molecule has 0 aromatic carbocycles. The molecule has 0 spiro atoms. The van der Waals surface area contributed by atoms with Gasteiger partial charge in [0, 0.05) is 0 Å². The summed E-state index contributed by atoms with van der Waals surface area (Å²) in [5.41, 5.74) is 0.410. The molecular weight excluding hydrogens is 199 g/mol. The van der Waals surface area contributed by atoms with E-state index in [0.717, 1.165) is 0 Å². The first-order valence-corrected chi connectivity index (χ1v) is 7.07. The van der Waals surface area contributed by atoms with E-state index in [-0.39, 0.29) is 0 Å². The van der Waals surface area contributed by atoms with Crippen molar-refractivity contribution >= 4 is 18.1 Å². The van der Waals surface area contributed by atoms with Gasteiger partial charge in [0.1, 0.15) is 0 Å². The van der Waals surface area contributed by atoms with Crippen LogP contribution in [0.5, 0.6) is 0 Å². The first-order chi connectivity index (χ1) is 5.99. The van der Waals surface area contributed by atoms with Crippen LogP contribution in [0.3, 0.4) is 0 Å². The molecular formula is C9H17N2PS. The van der Waals surface area contributed by atoms with Crippen molar-refractivity contribution in [3.8, 4) is 0 Å². The van der Waals surface area contributed by atoms with Crippen molar-refractivity contribution in [2.75, 3.05) is 28.2 Å². The van der Waals surface area contributed by atoms with E-state index in [1.165, 1.54) is 0 Å². The zero-order valence-corrected chi connectivity index (χ0v) is 10.3. The Morgan fingerprint density at radius 1 is 1.00 bits per heavy atom. The Morgan fingerprint density at radius 2 is 1.38 bits per heavy atom. The molecule has 1 rings (SSSR count). The van der Waals surface area contributed by atoms with E-state index in [9.17, 15) is 0 Å². The number of allylic oxidation sites excluding steroid dienone is 4. The molecule has 0 saturated carbocycles. The lowest BCUT2D eigenvalue weighted by Gasteiger charge is -2.38. The molecule has 1 aliphatic carbocycles. The second kappa shape index (κ2) is 4.05. The molecule has 2 nitrogen and oxygen atoms in total. The van der Waals surface area contributed by atoms with Crippen LogP contribution in [-0.2, 0) is 11.8 Å². The van der Waals surface area contributed by atoms with E-state index in [1.54, 1.807) is 0 Å². The second-order valence-corrected chi connectivity index (χ2v) is 8.53. The summed E-state index contributed by atoms with van der Waals surface area (Å²) in [6, 6.07) is 0. The lowest BCUT2D eigenvalue weighted by Crippen LogP contribution is -2.26. The van der Waals surface area contributed by atoms with Gasteiger partial charge in [-0.2, -0.15) is 0 Å². The van der Waals surface area contributed by atoms with E-state index in [2.05, 4.69) is 61.8 Å². The van der Waals surface area contributed by atoms with E-state index >= 15 is 0 Å². The van der Waals surface area contributed by atoms with Gasteiger partial charge in [-0.15, -0.1) is 0 Å². The maximum atomic E-state index is 5.77. The van der Waals surface area contributed by atoms with Crippen molar-refractivity contribution in [1.29, 1.82) is 0 Å².